The number of unbranched alkanes of at least 4 members (excludes halogenated alkanes) is 1. The number of aliphatic hydroxyl groups is 1. The summed E-state index contributed by atoms with van der Waals surface area (Å²) in [6.45, 7) is 4.22. The maximum Gasteiger partial charge on any atom is 0.123 e. The molecule has 0 atom stereocenters. The zero-order valence-electron chi connectivity index (χ0n) is 11.1. The Kier molecular flexibility index (Phi) is 6.01. The van der Waals surface area contributed by atoms with Crippen molar-refractivity contribution in [2.45, 2.75) is 32.9 Å². The van der Waals surface area contributed by atoms with E-state index < -0.39 is 0 Å². The van der Waals surface area contributed by atoms with Gasteiger partial charge in [-0.3, -0.25) is 0 Å². The summed E-state index contributed by atoms with van der Waals surface area (Å²) in [6.07, 6.45) is 2.41. The summed E-state index contributed by atoms with van der Waals surface area (Å²) in [5.41, 5.74) is 2.07. The lowest BCUT2D eigenvalue weighted by molar-refractivity contribution is 0.280. The van der Waals surface area contributed by atoms with Crippen molar-refractivity contribution in [3.05, 3.63) is 29.3 Å². The highest BCUT2D eigenvalue weighted by Crippen LogP contribution is 2.21. The van der Waals surface area contributed by atoms with Crippen LogP contribution in [0.25, 0.3) is 0 Å². The number of ether oxygens (including phenoxy) is 1. The molecule has 0 bridgehead atoms. The number of aliphatic hydroxyl groups excluding tert-OH is 1. The van der Waals surface area contributed by atoms with Gasteiger partial charge in [-0.2, -0.15) is 0 Å². The molecule has 0 saturated carbocycles. The molecule has 96 valence electrons. The number of hydrogen-bond donors (Lipinski definition) is 1. The smallest absolute Gasteiger partial charge is 0.123 e. The molecule has 0 spiro atoms. The standard InChI is InChI=1S/C14H23NO2/c1-4-5-8-15(2)10-13-9-12(11-16)6-7-14(13)17-3/h6-7,9,16H,4-5,8,10-11H2,1-3H3. The van der Waals surface area contributed by atoms with Gasteiger partial charge >= 0.3 is 0 Å². The van der Waals surface area contributed by atoms with Crippen molar-refractivity contribution in [1.29, 1.82) is 0 Å². The first-order valence-corrected chi connectivity index (χ1v) is 6.16. The van der Waals surface area contributed by atoms with Crippen molar-refractivity contribution in [2.75, 3.05) is 20.7 Å². The number of rotatable bonds is 7. The summed E-state index contributed by atoms with van der Waals surface area (Å²) in [7, 11) is 3.80. The molecule has 0 fully saturated rings. The van der Waals surface area contributed by atoms with Gasteiger partial charge in [-0.25, -0.2) is 0 Å². The van der Waals surface area contributed by atoms with Crippen molar-refractivity contribution in [1.82, 2.24) is 4.90 Å². The predicted octanol–water partition coefficient (Wildman–Crippen LogP) is 2.42. The second-order valence-corrected chi connectivity index (χ2v) is 4.40. The lowest BCUT2D eigenvalue weighted by Gasteiger charge is -2.18. The second kappa shape index (κ2) is 7.30. The molecule has 0 amide bonds. The molecule has 0 aliphatic carbocycles. The Bertz CT molecular complexity index is 339. The highest BCUT2D eigenvalue weighted by molar-refractivity contribution is 5.37. The molecule has 3 heteroatoms. The van der Waals surface area contributed by atoms with Crippen LogP contribution in [0, 0.1) is 0 Å². The predicted molar refractivity (Wildman–Crippen MR) is 70.2 cm³/mol. The van der Waals surface area contributed by atoms with Crippen LogP contribution in [0.2, 0.25) is 0 Å². The van der Waals surface area contributed by atoms with Crippen molar-refractivity contribution in [3.63, 3.8) is 0 Å². The quantitative estimate of drug-likeness (QED) is 0.790. The maximum atomic E-state index is 9.15. The molecular weight excluding hydrogens is 214 g/mol. The molecule has 0 aromatic heterocycles. The van der Waals surface area contributed by atoms with Crippen LogP contribution in [0.4, 0.5) is 0 Å². The molecule has 0 aliphatic rings. The van der Waals surface area contributed by atoms with Crippen LogP contribution in [-0.4, -0.2) is 30.7 Å². The van der Waals surface area contributed by atoms with Crippen molar-refractivity contribution in [2.24, 2.45) is 0 Å². The minimum absolute atomic E-state index is 0.0790. The minimum Gasteiger partial charge on any atom is -0.496 e. The van der Waals surface area contributed by atoms with Crippen LogP contribution >= 0.6 is 0 Å². The van der Waals surface area contributed by atoms with Gasteiger partial charge < -0.3 is 14.7 Å². The maximum absolute atomic E-state index is 9.15. The number of hydrogen-bond acceptors (Lipinski definition) is 3. The Labute approximate surface area is 104 Å². The number of nitrogens with zero attached hydrogens (tertiary/aromatic N) is 1. The van der Waals surface area contributed by atoms with Gasteiger partial charge in [-0.1, -0.05) is 19.4 Å². The zero-order valence-corrected chi connectivity index (χ0v) is 11.1. The molecule has 17 heavy (non-hydrogen) atoms. The lowest BCUT2D eigenvalue weighted by atomic mass is 10.1. The minimum atomic E-state index is 0.0790. The third-order valence-electron chi connectivity index (χ3n) is 2.86. The highest BCUT2D eigenvalue weighted by Gasteiger charge is 2.07. The van der Waals surface area contributed by atoms with E-state index in [1.54, 1.807) is 7.11 Å². The van der Waals surface area contributed by atoms with E-state index in [4.69, 9.17) is 9.84 Å². The number of methoxy groups -OCH3 is 1. The van der Waals surface area contributed by atoms with E-state index >= 15 is 0 Å². The van der Waals surface area contributed by atoms with Crippen molar-refractivity contribution in [3.8, 4) is 5.75 Å². The first-order valence-electron chi connectivity index (χ1n) is 6.16. The zero-order chi connectivity index (χ0) is 12.7. The van der Waals surface area contributed by atoms with E-state index in [0.29, 0.717) is 0 Å². The van der Waals surface area contributed by atoms with Crippen LogP contribution in [0.15, 0.2) is 18.2 Å². The van der Waals surface area contributed by atoms with E-state index in [1.165, 1.54) is 12.8 Å². The fraction of sp³-hybridized carbons (Fsp3) is 0.571. The van der Waals surface area contributed by atoms with E-state index in [9.17, 15) is 0 Å². The summed E-state index contributed by atoms with van der Waals surface area (Å²) in [6, 6.07) is 5.84. The lowest BCUT2D eigenvalue weighted by Crippen LogP contribution is -2.19. The van der Waals surface area contributed by atoms with Crippen LogP contribution in [0.5, 0.6) is 5.75 Å². The molecule has 0 saturated heterocycles. The first-order chi connectivity index (χ1) is 8.21. The van der Waals surface area contributed by atoms with Gasteiger partial charge in [0.25, 0.3) is 0 Å². The monoisotopic (exact) mass is 237 g/mol. The number of benzene rings is 1. The van der Waals surface area contributed by atoms with E-state index in [0.717, 1.165) is 30.0 Å². The highest BCUT2D eigenvalue weighted by atomic mass is 16.5. The van der Waals surface area contributed by atoms with Gasteiger partial charge in [0.2, 0.25) is 0 Å². The summed E-state index contributed by atoms with van der Waals surface area (Å²) in [4.78, 5) is 2.28. The van der Waals surface area contributed by atoms with Gasteiger partial charge in [-0.05, 0) is 37.7 Å². The molecule has 1 aromatic carbocycles. The second-order valence-electron chi connectivity index (χ2n) is 4.40. The Morgan fingerprint density at radius 1 is 1.35 bits per heavy atom. The van der Waals surface area contributed by atoms with Crippen molar-refractivity contribution >= 4 is 0 Å². The topological polar surface area (TPSA) is 32.7 Å². The fourth-order valence-corrected chi connectivity index (χ4v) is 1.85. The van der Waals surface area contributed by atoms with Crippen LogP contribution in [-0.2, 0) is 13.2 Å². The summed E-state index contributed by atoms with van der Waals surface area (Å²) in [5.74, 6) is 0.894. The summed E-state index contributed by atoms with van der Waals surface area (Å²) >= 11 is 0. The van der Waals surface area contributed by atoms with Crippen LogP contribution in [0.1, 0.15) is 30.9 Å². The normalized spacial score (nSPS) is 10.9. The molecular formula is C14H23NO2. The Balaban J connectivity index is 2.72. The Morgan fingerprint density at radius 3 is 2.71 bits per heavy atom. The average molecular weight is 237 g/mol. The van der Waals surface area contributed by atoms with Gasteiger partial charge in [0.15, 0.2) is 0 Å². The SMILES string of the molecule is CCCCN(C)Cc1cc(CO)ccc1OC. The largest absolute Gasteiger partial charge is 0.496 e. The fourth-order valence-electron chi connectivity index (χ4n) is 1.85. The van der Waals surface area contributed by atoms with E-state index in [-0.39, 0.29) is 6.61 Å². The van der Waals surface area contributed by atoms with E-state index in [1.807, 2.05) is 18.2 Å². The molecule has 1 aromatic rings. The Hall–Kier alpha value is -1.06. The van der Waals surface area contributed by atoms with Gasteiger partial charge in [0, 0.05) is 12.1 Å². The summed E-state index contributed by atoms with van der Waals surface area (Å²) in [5, 5.41) is 9.15. The molecule has 0 aliphatic heterocycles. The molecule has 3 nitrogen and oxygen atoms in total. The molecule has 0 heterocycles. The first kappa shape index (κ1) is 14.0. The third-order valence-corrected chi connectivity index (χ3v) is 2.86. The average Bonchev–Trinajstić information content (AvgIpc) is 2.36. The van der Waals surface area contributed by atoms with Gasteiger partial charge in [-0.15, -0.1) is 0 Å². The van der Waals surface area contributed by atoms with Gasteiger partial charge in [0.05, 0.1) is 13.7 Å². The van der Waals surface area contributed by atoms with E-state index in [2.05, 4.69) is 18.9 Å². The van der Waals surface area contributed by atoms with Gasteiger partial charge in [0.1, 0.15) is 5.75 Å². The molecule has 1 rings (SSSR count). The summed E-state index contributed by atoms with van der Waals surface area (Å²) < 4.78 is 5.34. The third kappa shape index (κ3) is 4.36. The molecule has 1 N–H and O–H groups in total. The Morgan fingerprint density at radius 2 is 2.12 bits per heavy atom. The van der Waals surface area contributed by atoms with Crippen molar-refractivity contribution < 1.29 is 9.84 Å². The molecule has 0 unspecified atom stereocenters. The van der Waals surface area contributed by atoms with Crippen LogP contribution in [0.3, 0.4) is 0 Å². The molecule has 0 radical (unpaired) electrons. The van der Waals surface area contributed by atoms with Crippen LogP contribution < -0.4 is 4.74 Å².